The highest BCUT2D eigenvalue weighted by atomic mass is 32.3. The maximum absolute atomic E-state index is 13.2. The summed E-state index contributed by atoms with van der Waals surface area (Å²) in [6, 6.07) is 15.8. The molecule has 0 fully saturated rings. The number of rotatable bonds is 28. The van der Waals surface area contributed by atoms with Crippen molar-refractivity contribution in [3.63, 3.8) is 0 Å². The fraction of sp³-hybridized carbons (Fsp3) is 0.0870. The van der Waals surface area contributed by atoms with Crippen LogP contribution in [-0.2, 0) is 57.2 Å². The van der Waals surface area contributed by atoms with Gasteiger partial charge in [0, 0.05) is 20.6 Å². The number of hydrogen-bond donors (Lipinski definition) is 22. The molecule has 8 aromatic carbocycles. The van der Waals surface area contributed by atoms with Crippen LogP contribution in [0.25, 0.3) is 32.3 Å². The largest absolute Gasteiger partial charge is 0.505 e. The van der Waals surface area contributed by atoms with E-state index in [1.165, 1.54) is 48.5 Å². The van der Waals surface area contributed by atoms with E-state index in [2.05, 4.69) is 49.3 Å². The van der Waals surface area contributed by atoms with E-state index in [4.69, 9.17) is 57.2 Å². The number of benzene rings is 8. The van der Waals surface area contributed by atoms with Gasteiger partial charge in [0.05, 0.1) is 96.9 Å². The van der Waals surface area contributed by atoms with E-state index in [0.29, 0.717) is 76.3 Å². The molecule has 0 heterocycles. The van der Waals surface area contributed by atoms with Crippen LogP contribution in [0.4, 0.5) is 56.9 Å². The number of fused-ring (bicyclic) bond motifs is 3. The smallest absolute Gasteiger partial charge is 0.296 e. The summed E-state index contributed by atoms with van der Waals surface area (Å²) < 4.78 is 276. The monoisotopic (exact) mass is 1570 g/mol. The van der Waals surface area contributed by atoms with Gasteiger partial charge in [-0.2, -0.15) is 54.4 Å². The van der Waals surface area contributed by atoms with E-state index in [1.807, 2.05) is 0 Å². The average molecular weight is 1570 g/mol. The second kappa shape index (κ2) is 30.0. The number of aromatic hydroxyl groups is 2. The highest BCUT2D eigenvalue weighted by Crippen LogP contribution is 2.58. The maximum Gasteiger partial charge on any atom is 0.296 e. The number of hydrogen-bond acceptors (Lipinski definition) is 41. The molecule has 24 N–H and O–H groups in total. The minimum absolute atomic E-state index is 0.00419. The predicted molar refractivity (Wildman–Crippen MR) is 353 cm³/mol. The lowest BCUT2D eigenvalue weighted by Gasteiger charge is -2.23. The molecule has 8 aromatic rings. The number of nitrogens with zero attached hydrogens (tertiary/aromatic N) is 8. The second-order valence-electron chi connectivity index (χ2n) is 18.9. The molecule has 0 bridgehead atoms. The van der Waals surface area contributed by atoms with Crippen molar-refractivity contribution in [3.05, 3.63) is 97.1 Å². The van der Waals surface area contributed by atoms with Crippen molar-refractivity contribution in [1.29, 1.82) is 0 Å². The van der Waals surface area contributed by atoms with E-state index in [9.17, 15) is 90.1 Å². The maximum atomic E-state index is 13.2. The van der Waals surface area contributed by atoms with Crippen molar-refractivity contribution in [1.82, 2.24) is 0 Å². The number of phenols is 2. The van der Waals surface area contributed by atoms with Crippen molar-refractivity contribution in [2.45, 2.75) is 39.2 Å². The fourth-order valence-electron chi connectivity index (χ4n) is 8.28. The van der Waals surface area contributed by atoms with Crippen molar-refractivity contribution < 1.29 is 144 Å². The Morgan fingerprint density at radius 2 is 0.653 bits per heavy atom. The quantitative estimate of drug-likeness (QED) is 0.00412. The van der Waals surface area contributed by atoms with E-state index in [-0.39, 0.29) is 24.6 Å². The SMILES string of the molecule is Nc1c(N=Nc2ccc(SOOCCOS(O)(O)O)cc2)c(S(O)(O)O)cc2cc(S(=O)(=O)O)c(N=Nc3cc(S(=O)(=O)O)c4cc(N=Nc5c(S(=O)(=O)O)cc6cc(S(O)(O)O)c(N=Nc7ccc(SOOCCOS(O)(O)O)cc7)c(N)c6c5O)cc(S(O)(O)O)c4c3)c(O)c12. The highest BCUT2D eigenvalue weighted by Gasteiger charge is 2.33. The Labute approximate surface area is 565 Å². The second-order valence-corrected chi connectivity index (χ2v) is 31.4. The predicted octanol–water partition coefficient (Wildman–Crippen LogP) is 15.1. The molecule has 0 aliphatic rings. The minimum atomic E-state index is -5.62. The van der Waals surface area contributed by atoms with Gasteiger partial charge in [-0.25, -0.2) is 9.78 Å². The van der Waals surface area contributed by atoms with Crippen LogP contribution in [0.1, 0.15) is 0 Å². The molecule has 0 aliphatic carbocycles. The van der Waals surface area contributed by atoms with Gasteiger partial charge in [-0.15, -0.1) is 20.5 Å². The standard InChI is InChI=1S/C46H48N10O32S10/c47-39-37-21(13-33(93(65,66)67)41(39)53-49-23-1-5-27(6-2-23)89-87-83-9-11-85-97(77,78)79)15-35(95(71,72)73)43(45(37)57)55-51-25-17-29-30(31(19-25)91(59,60)61)18-26(20-32(29)92(62,63)64)52-56-44-36(96(74,75)76)16-22-14-34(94(68,69)70)42(40(48)38(22)46(44)58)54-50-24-3-7-28(8-4-24)90-88-84-10-12-86-98(80,81)82/h1-8,13-20,57-61,65-70,77-82H,9-12,47-48H2,(H,62,63,64)(H,71,72,73)(H,74,75,76). The lowest BCUT2D eigenvalue weighted by atomic mass is 10.1. The first-order valence-corrected chi connectivity index (χ1v) is 38.4. The zero-order chi connectivity index (χ0) is 72.5. The summed E-state index contributed by atoms with van der Waals surface area (Å²) in [5, 5.41) is 50.0. The first kappa shape index (κ1) is 77.2. The third kappa shape index (κ3) is 19.5. The molecule has 0 amide bonds. The Morgan fingerprint density at radius 3 is 0.980 bits per heavy atom. The van der Waals surface area contributed by atoms with E-state index < -0.39 is 217 Å². The summed E-state index contributed by atoms with van der Waals surface area (Å²) in [6.45, 7) is -1.65. The van der Waals surface area contributed by atoms with E-state index >= 15 is 0 Å². The Kier molecular flexibility index (Phi) is 23.6. The summed E-state index contributed by atoms with van der Waals surface area (Å²) in [7, 11) is -31.7. The molecule has 98 heavy (non-hydrogen) atoms. The van der Waals surface area contributed by atoms with Gasteiger partial charge in [0.15, 0.2) is 11.5 Å². The zero-order valence-electron chi connectivity index (χ0n) is 47.7. The third-order valence-corrected chi connectivity index (χ3v) is 19.8. The van der Waals surface area contributed by atoms with Crippen LogP contribution in [0.5, 0.6) is 11.5 Å². The minimum Gasteiger partial charge on any atom is -0.505 e. The topological polar surface area (TPSA) is 713 Å². The van der Waals surface area contributed by atoms with E-state index in [1.54, 1.807) is 0 Å². The van der Waals surface area contributed by atoms with Gasteiger partial charge in [-0.1, -0.05) is 0 Å². The Morgan fingerprint density at radius 1 is 0.347 bits per heavy atom. The van der Waals surface area contributed by atoms with Gasteiger partial charge in [0.2, 0.25) is 22.3 Å². The van der Waals surface area contributed by atoms with Crippen molar-refractivity contribution >= 4 is 199 Å². The molecule has 0 saturated heterocycles. The molecule has 0 unspecified atom stereocenters. The zero-order valence-corrected chi connectivity index (χ0v) is 55.9. The highest BCUT2D eigenvalue weighted by molar-refractivity contribution is 8.20. The molecule has 534 valence electrons. The van der Waals surface area contributed by atoms with Gasteiger partial charge in [0.1, 0.15) is 83.3 Å². The molecule has 0 spiro atoms. The van der Waals surface area contributed by atoms with Crippen molar-refractivity contribution in [2.24, 2.45) is 40.9 Å². The van der Waals surface area contributed by atoms with Crippen LogP contribution >= 0.6 is 79.0 Å². The molecule has 0 aliphatic heterocycles. The summed E-state index contributed by atoms with van der Waals surface area (Å²) in [4.78, 5) is 3.42. The average Bonchev–Trinajstić information content (AvgIpc) is 0.753. The molecular weight excluding hydrogens is 1530 g/mol. The Bertz CT molecular complexity index is 4880. The van der Waals surface area contributed by atoms with Gasteiger partial charge < -0.3 is 62.7 Å². The van der Waals surface area contributed by atoms with Gasteiger partial charge in [0.25, 0.3) is 30.4 Å². The summed E-state index contributed by atoms with van der Waals surface area (Å²) in [5.41, 5.74) is 5.61. The lowest BCUT2D eigenvalue weighted by molar-refractivity contribution is -0.195. The number of nitrogen functional groups attached to an aromatic ring is 2. The fourth-order valence-corrected chi connectivity index (χ4v) is 13.9. The summed E-state index contributed by atoms with van der Waals surface area (Å²) >= 11 is -7.16. The molecular formula is C46H48N10O32S10. The molecule has 0 atom stereocenters. The van der Waals surface area contributed by atoms with Gasteiger partial charge >= 0.3 is 0 Å². The molecule has 42 nitrogen and oxygen atoms in total. The normalized spacial score (nSPS) is 14.3. The van der Waals surface area contributed by atoms with Gasteiger partial charge in [-0.3, -0.25) is 49.3 Å². The van der Waals surface area contributed by atoms with Crippen LogP contribution in [0, 0.1) is 0 Å². The Hall–Kier alpha value is -6.52. The van der Waals surface area contributed by atoms with Crippen LogP contribution in [0.3, 0.4) is 0 Å². The van der Waals surface area contributed by atoms with Crippen LogP contribution in [0.2, 0.25) is 0 Å². The first-order chi connectivity index (χ1) is 45.3. The van der Waals surface area contributed by atoms with Crippen molar-refractivity contribution in [2.75, 3.05) is 37.9 Å². The lowest BCUT2D eigenvalue weighted by Crippen LogP contribution is -2.07. The van der Waals surface area contributed by atoms with Crippen LogP contribution in [0.15, 0.2) is 177 Å². The molecule has 0 radical (unpaired) electrons. The molecule has 52 heteroatoms. The van der Waals surface area contributed by atoms with Crippen LogP contribution < -0.4 is 11.5 Å². The number of phenolic OH excluding ortho intramolecular Hbond substituents is 2. The molecule has 0 aromatic heterocycles. The van der Waals surface area contributed by atoms with E-state index in [0.717, 1.165) is 6.07 Å². The van der Waals surface area contributed by atoms with Crippen molar-refractivity contribution in [3.8, 4) is 11.5 Å². The van der Waals surface area contributed by atoms with Gasteiger partial charge in [-0.05, 0) is 108 Å². The number of nitrogens with two attached hydrogens (primary N) is 2. The number of azo groups is 4. The summed E-state index contributed by atoms with van der Waals surface area (Å²) in [5.74, 6) is -2.59. The van der Waals surface area contributed by atoms with Crippen LogP contribution in [-0.4, -0.2) is 144 Å². The number of anilines is 2. The molecule has 0 saturated carbocycles. The Balaban J connectivity index is 1.17. The molecule has 8 rings (SSSR count). The summed E-state index contributed by atoms with van der Waals surface area (Å²) in [6.07, 6.45) is 0. The third-order valence-electron chi connectivity index (χ3n) is 12.2. The first-order valence-electron chi connectivity index (χ1n) is 25.2.